The fraction of sp³-hybridized carbons (Fsp3) is 0.545. The van der Waals surface area contributed by atoms with Gasteiger partial charge >= 0.3 is 36.2 Å². The number of ether oxygens (including phenoxy) is 3. The molecular formula is C44H41F11N6O4. The monoisotopic (exact) mass is 926 g/mol. The van der Waals surface area contributed by atoms with Crippen molar-refractivity contribution >= 4 is 33.6 Å². The average Bonchev–Trinajstić information content (AvgIpc) is 3.82. The molecule has 0 N–H and O–H groups in total. The second kappa shape index (κ2) is 15.2. The van der Waals surface area contributed by atoms with Gasteiger partial charge in [0.15, 0.2) is 5.82 Å². The zero-order valence-electron chi connectivity index (χ0n) is 35.0. The van der Waals surface area contributed by atoms with Gasteiger partial charge in [-0.2, -0.15) is 49.5 Å². The van der Waals surface area contributed by atoms with E-state index in [0.717, 1.165) is 0 Å². The Balaban J connectivity index is 1.13. The molecule has 0 saturated carbocycles. The molecule has 1 amide bonds. The van der Waals surface area contributed by atoms with Crippen LogP contribution in [-0.2, 0) is 15.9 Å². The largest absolute Gasteiger partial charge is 0.461 e. The quantitative estimate of drug-likeness (QED) is 0.139. The Bertz CT molecular complexity index is 2590. The third-order valence-electron chi connectivity index (χ3n) is 13.3. The number of nitrogens with zero attached hydrogens (tertiary/aromatic N) is 6. The molecule has 2 aromatic carbocycles. The minimum absolute atomic E-state index is 0.0874. The molecule has 9 rings (SSSR count). The first-order valence-corrected chi connectivity index (χ1v) is 21.0. The van der Waals surface area contributed by atoms with Crippen LogP contribution in [0.5, 0.6) is 6.01 Å². The number of carbonyl (C=O) groups excluding carboxylic acids is 1. The van der Waals surface area contributed by atoms with Crippen LogP contribution in [0.1, 0.15) is 70.6 Å². The Morgan fingerprint density at radius 3 is 2.29 bits per heavy atom. The molecule has 0 spiro atoms. The molecule has 0 unspecified atom stereocenters. The molecule has 0 aliphatic carbocycles. The summed E-state index contributed by atoms with van der Waals surface area (Å²) in [4.78, 5) is 32.8. The van der Waals surface area contributed by atoms with Gasteiger partial charge in [-0.05, 0) is 83.7 Å². The van der Waals surface area contributed by atoms with E-state index < -0.39 is 90.7 Å². The lowest BCUT2D eigenvalue weighted by atomic mass is 9.93. The molecule has 348 valence electrons. The van der Waals surface area contributed by atoms with E-state index in [0.29, 0.717) is 36.8 Å². The van der Waals surface area contributed by atoms with E-state index in [1.807, 2.05) is 4.90 Å². The Hall–Kier alpha value is -5.23. The predicted octanol–water partition coefficient (Wildman–Crippen LogP) is 9.44. The van der Waals surface area contributed by atoms with Gasteiger partial charge in [0.05, 0.1) is 46.4 Å². The zero-order chi connectivity index (χ0) is 46.8. The van der Waals surface area contributed by atoms with Gasteiger partial charge in [0.2, 0.25) is 0 Å². The SMILES string of the molecule is C#Cc1c(F)ccc2cccc(-c3nc4c5c(nc(OC[C@]67CCCN6C[C@@H](OC(C(F)(F)F)(C(F)(F)F)C(F)(F)F)C7)nc5c3F)N3C[C@H]5CC[C@@H]([C@H]3CC4)N5C(=O)OC(C)(C)C)c12. The third kappa shape index (κ3) is 7.15. The first kappa shape index (κ1) is 44.9. The number of aromatic nitrogens is 3. The molecule has 10 nitrogen and oxygen atoms in total. The van der Waals surface area contributed by atoms with E-state index in [9.17, 15) is 44.3 Å². The summed E-state index contributed by atoms with van der Waals surface area (Å²) < 4.78 is 174. The minimum Gasteiger partial charge on any atom is -0.461 e. The number of anilines is 1. The van der Waals surface area contributed by atoms with Gasteiger partial charge in [0, 0.05) is 24.0 Å². The molecule has 5 aliphatic rings. The van der Waals surface area contributed by atoms with Crippen LogP contribution < -0.4 is 9.64 Å². The molecule has 2 aromatic heterocycles. The summed E-state index contributed by atoms with van der Waals surface area (Å²) in [5.41, 5.74) is -8.80. The smallest absolute Gasteiger partial charge is 0.435 e. The van der Waals surface area contributed by atoms with Crippen LogP contribution in [0.15, 0.2) is 30.3 Å². The number of piperazine rings is 1. The Labute approximate surface area is 364 Å². The second-order valence-electron chi connectivity index (χ2n) is 18.4. The summed E-state index contributed by atoms with van der Waals surface area (Å²) >= 11 is 0. The van der Waals surface area contributed by atoms with Crippen molar-refractivity contribution < 1.29 is 67.3 Å². The Morgan fingerprint density at radius 1 is 0.892 bits per heavy atom. The van der Waals surface area contributed by atoms with E-state index in [1.165, 1.54) is 23.1 Å². The number of terminal acetylenes is 1. The lowest BCUT2D eigenvalue weighted by molar-refractivity contribution is -0.463. The van der Waals surface area contributed by atoms with Gasteiger partial charge in [-0.1, -0.05) is 30.2 Å². The molecule has 65 heavy (non-hydrogen) atoms. The number of hydrogen-bond donors (Lipinski definition) is 0. The number of hydrogen-bond acceptors (Lipinski definition) is 9. The molecule has 21 heteroatoms. The lowest BCUT2D eigenvalue weighted by Gasteiger charge is -2.47. The van der Waals surface area contributed by atoms with Crippen LogP contribution in [0.3, 0.4) is 0 Å². The normalized spacial score (nSPS) is 24.9. The van der Waals surface area contributed by atoms with Crippen molar-refractivity contribution in [3.8, 4) is 29.6 Å². The van der Waals surface area contributed by atoms with Crippen molar-refractivity contribution in [2.45, 2.75) is 125 Å². The van der Waals surface area contributed by atoms with Crippen LogP contribution in [-0.4, -0.2) is 117 Å². The van der Waals surface area contributed by atoms with Crippen molar-refractivity contribution in [3.63, 3.8) is 0 Å². The molecular weight excluding hydrogens is 885 g/mol. The fourth-order valence-corrected chi connectivity index (χ4v) is 10.7. The summed E-state index contributed by atoms with van der Waals surface area (Å²) in [6, 6.07) is 5.89. The maximum atomic E-state index is 17.5. The van der Waals surface area contributed by atoms with Gasteiger partial charge in [-0.25, -0.2) is 18.6 Å². The highest BCUT2D eigenvalue weighted by Crippen LogP contribution is 2.57. The van der Waals surface area contributed by atoms with Gasteiger partial charge in [-0.3, -0.25) is 9.80 Å². The molecule has 4 aromatic rings. The van der Waals surface area contributed by atoms with Crippen LogP contribution in [0.2, 0.25) is 0 Å². The van der Waals surface area contributed by atoms with Gasteiger partial charge in [0.25, 0.3) is 0 Å². The van der Waals surface area contributed by atoms with E-state index in [1.54, 1.807) is 37.8 Å². The standard InChI is InChI=1S/C44H41F11N6O4/c1-5-25-27(45)12-10-22-8-6-9-26(31(22)25)34-33(46)35-32-28(56-34)13-15-29-30-14-11-23(61(30)38(62)65-39(2,3)4)19-60(29)36(32)58-37(57-35)63-21-40-16-7-17-59(40)20-24(18-40)64-41(42(47,48)49,43(50,51)52)44(53,54)55/h1,6,8-10,12,23-24,29-30H,7,11,13-21H2,2-4H3/t23-,24+,29-,30+,40-/m1/s1. The van der Waals surface area contributed by atoms with Crippen molar-refractivity contribution in [1.82, 2.24) is 24.8 Å². The summed E-state index contributed by atoms with van der Waals surface area (Å²) in [5.74, 6) is 0.840. The van der Waals surface area contributed by atoms with E-state index in [2.05, 4.69) is 15.6 Å². The van der Waals surface area contributed by atoms with Crippen molar-refractivity contribution in [2.24, 2.45) is 0 Å². The molecule has 4 fully saturated rings. The number of halogens is 11. The highest BCUT2D eigenvalue weighted by atomic mass is 19.4. The topological polar surface area (TPSA) is 93.2 Å². The molecule has 2 bridgehead atoms. The summed E-state index contributed by atoms with van der Waals surface area (Å²) in [5, 5.41) is 0.913. The number of alkyl halides is 9. The summed E-state index contributed by atoms with van der Waals surface area (Å²) in [7, 11) is 0. The maximum Gasteiger partial charge on any atom is 0.435 e. The minimum atomic E-state index is -6.91. The van der Waals surface area contributed by atoms with Crippen molar-refractivity contribution in [3.05, 3.63) is 53.2 Å². The van der Waals surface area contributed by atoms with E-state index in [-0.39, 0.29) is 76.9 Å². The maximum absolute atomic E-state index is 17.5. The number of benzene rings is 2. The van der Waals surface area contributed by atoms with E-state index >= 15 is 8.78 Å². The molecule has 5 atom stereocenters. The number of aryl methyl sites for hydroxylation is 1. The van der Waals surface area contributed by atoms with Gasteiger partial charge < -0.3 is 19.1 Å². The van der Waals surface area contributed by atoms with Crippen molar-refractivity contribution in [2.75, 3.05) is 31.1 Å². The first-order chi connectivity index (χ1) is 30.4. The van der Waals surface area contributed by atoms with Crippen LogP contribution >= 0.6 is 0 Å². The number of carbonyl (C=O) groups is 1. The Morgan fingerprint density at radius 2 is 1.62 bits per heavy atom. The highest BCUT2D eigenvalue weighted by Gasteiger charge is 2.86. The van der Waals surface area contributed by atoms with Crippen LogP contribution in [0.4, 0.5) is 58.9 Å². The molecule has 7 heterocycles. The van der Waals surface area contributed by atoms with Crippen LogP contribution in [0, 0.1) is 24.0 Å². The highest BCUT2D eigenvalue weighted by molar-refractivity contribution is 6.03. The lowest BCUT2D eigenvalue weighted by Crippen LogP contribution is -2.68. The predicted molar refractivity (Wildman–Crippen MR) is 212 cm³/mol. The molecule has 5 aliphatic heterocycles. The van der Waals surface area contributed by atoms with Gasteiger partial charge in [-0.15, -0.1) is 6.42 Å². The Kier molecular flexibility index (Phi) is 10.5. The summed E-state index contributed by atoms with van der Waals surface area (Å²) in [6.45, 7) is 4.33. The third-order valence-corrected chi connectivity index (χ3v) is 13.3. The number of fused-ring (bicyclic) bond motifs is 7. The van der Waals surface area contributed by atoms with Crippen molar-refractivity contribution in [1.29, 1.82) is 0 Å². The molecule has 4 saturated heterocycles. The number of amides is 1. The van der Waals surface area contributed by atoms with E-state index in [4.69, 9.17) is 25.9 Å². The average molecular weight is 927 g/mol. The first-order valence-electron chi connectivity index (χ1n) is 21.0. The number of rotatable bonds is 6. The summed E-state index contributed by atoms with van der Waals surface area (Å²) in [6.07, 6.45) is -16.1. The zero-order valence-corrected chi connectivity index (χ0v) is 35.0. The fourth-order valence-electron chi connectivity index (χ4n) is 10.7. The van der Waals surface area contributed by atoms with Crippen LogP contribution in [0.25, 0.3) is 32.9 Å². The number of pyridine rings is 1. The second-order valence-corrected chi connectivity index (χ2v) is 18.4. The van der Waals surface area contributed by atoms with Gasteiger partial charge in [0.1, 0.15) is 35.1 Å². The molecule has 0 radical (unpaired) electrons.